The van der Waals surface area contributed by atoms with Crippen LogP contribution in [0.15, 0.2) is 84.9 Å². The van der Waals surface area contributed by atoms with Crippen LogP contribution in [0.5, 0.6) is 5.75 Å². The molecule has 1 N–H and O–H groups in total. The quantitative estimate of drug-likeness (QED) is 0.535. The van der Waals surface area contributed by atoms with Gasteiger partial charge in [-0.3, -0.25) is 0 Å². The number of hydrogen-bond acceptors (Lipinski definition) is 1. The van der Waals surface area contributed by atoms with Gasteiger partial charge < -0.3 is 9.72 Å². The molecule has 0 aliphatic carbocycles. The number of benzene rings is 3. The van der Waals surface area contributed by atoms with Crippen molar-refractivity contribution in [1.29, 1.82) is 0 Å². The highest BCUT2D eigenvalue weighted by atomic mass is 16.5. The average Bonchev–Trinajstić information content (AvgIpc) is 3.06. The summed E-state index contributed by atoms with van der Waals surface area (Å²) < 4.78 is 6.03. The van der Waals surface area contributed by atoms with Crippen molar-refractivity contribution in [3.63, 3.8) is 0 Å². The molecule has 0 bridgehead atoms. The van der Waals surface area contributed by atoms with E-state index in [-0.39, 0.29) is 0 Å². The Balaban J connectivity index is 1.66. The van der Waals surface area contributed by atoms with Crippen molar-refractivity contribution in [2.75, 3.05) is 0 Å². The van der Waals surface area contributed by atoms with E-state index in [0.29, 0.717) is 6.61 Å². The minimum absolute atomic E-state index is 0.575. The lowest BCUT2D eigenvalue weighted by Crippen LogP contribution is -1.94. The number of rotatable bonds is 4. The summed E-state index contributed by atoms with van der Waals surface area (Å²) >= 11 is 0. The van der Waals surface area contributed by atoms with Crippen molar-refractivity contribution in [2.24, 2.45) is 0 Å². The number of aromatic nitrogens is 1. The van der Waals surface area contributed by atoms with Crippen LogP contribution in [0.1, 0.15) is 5.56 Å². The summed E-state index contributed by atoms with van der Waals surface area (Å²) in [6.07, 6.45) is 0. The number of ether oxygens (including phenoxy) is 1. The van der Waals surface area contributed by atoms with Gasteiger partial charge in [-0.05, 0) is 29.3 Å². The van der Waals surface area contributed by atoms with E-state index in [1.54, 1.807) is 0 Å². The average molecular weight is 299 g/mol. The first-order chi connectivity index (χ1) is 11.4. The fourth-order valence-electron chi connectivity index (χ4n) is 2.76. The Kier molecular flexibility index (Phi) is 3.57. The standard InChI is InChI=1S/C21H17NO/c1-3-8-16(9-4-1)15-23-21-13-7-12-19-18(21)14-20(22-19)17-10-5-2-6-11-17/h1-14,22H,15H2. The Morgan fingerprint density at radius 2 is 1.48 bits per heavy atom. The Bertz CT molecular complexity index is 910. The lowest BCUT2D eigenvalue weighted by molar-refractivity contribution is 0.310. The molecule has 4 aromatic rings. The van der Waals surface area contributed by atoms with Gasteiger partial charge in [-0.1, -0.05) is 66.7 Å². The van der Waals surface area contributed by atoms with Crippen LogP contribution in [0.25, 0.3) is 22.2 Å². The lowest BCUT2D eigenvalue weighted by atomic mass is 10.1. The molecule has 2 nitrogen and oxygen atoms in total. The Morgan fingerprint density at radius 1 is 0.739 bits per heavy atom. The van der Waals surface area contributed by atoms with Crippen molar-refractivity contribution in [3.8, 4) is 17.0 Å². The number of fused-ring (bicyclic) bond motifs is 1. The van der Waals surface area contributed by atoms with Crippen LogP contribution >= 0.6 is 0 Å². The van der Waals surface area contributed by atoms with Gasteiger partial charge in [0.25, 0.3) is 0 Å². The van der Waals surface area contributed by atoms with Crippen LogP contribution in [0.2, 0.25) is 0 Å². The molecule has 0 aliphatic heterocycles. The first-order valence-electron chi connectivity index (χ1n) is 7.74. The largest absolute Gasteiger partial charge is 0.488 e. The molecule has 0 unspecified atom stereocenters. The Hall–Kier alpha value is -3.00. The van der Waals surface area contributed by atoms with Crippen molar-refractivity contribution < 1.29 is 4.74 Å². The molecule has 1 heterocycles. The van der Waals surface area contributed by atoms with Gasteiger partial charge in [0.05, 0.1) is 0 Å². The number of H-pyrrole nitrogens is 1. The van der Waals surface area contributed by atoms with Gasteiger partial charge in [-0.2, -0.15) is 0 Å². The van der Waals surface area contributed by atoms with Gasteiger partial charge in [0.2, 0.25) is 0 Å². The van der Waals surface area contributed by atoms with E-state index >= 15 is 0 Å². The van der Waals surface area contributed by atoms with Crippen molar-refractivity contribution in [3.05, 3.63) is 90.5 Å². The summed E-state index contributed by atoms with van der Waals surface area (Å²) in [6.45, 7) is 0.575. The second-order valence-electron chi connectivity index (χ2n) is 5.54. The maximum absolute atomic E-state index is 6.03. The molecule has 0 aliphatic rings. The van der Waals surface area contributed by atoms with Gasteiger partial charge in [0.15, 0.2) is 0 Å². The Morgan fingerprint density at radius 3 is 2.26 bits per heavy atom. The Labute approximate surface area is 135 Å². The summed E-state index contributed by atoms with van der Waals surface area (Å²) in [7, 11) is 0. The molecule has 0 amide bonds. The van der Waals surface area contributed by atoms with E-state index in [0.717, 1.165) is 22.3 Å². The van der Waals surface area contributed by atoms with E-state index in [9.17, 15) is 0 Å². The molecular formula is C21H17NO. The number of aromatic amines is 1. The smallest absolute Gasteiger partial charge is 0.129 e. The highest BCUT2D eigenvalue weighted by Gasteiger charge is 2.08. The van der Waals surface area contributed by atoms with Gasteiger partial charge in [-0.25, -0.2) is 0 Å². The van der Waals surface area contributed by atoms with Gasteiger partial charge in [0.1, 0.15) is 12.4 Å². The minimum Gasteiger partial charge on any atom is -0.488 e. The van der Waals surface area contributed by atoms with Gasteiger partial charge in [-0.15, -0.1) is 0 Å². The first-order valence-corrected chi connectivity index (χ1v) is 7.74. The molecule has 112 valence electrons. The zero-order valence-corrected chi connectivity index (χ0v) is 12.7. The molecule has 0 atom stereocenters. The topological polar surface area (TPSA) is 25.0 Å². The second-order valence-corrected chi connectivity index (χ2v) is 5.54. The van der Waals surface area contributed by atoms with Crippen LogP contribution in [0, 0.1) is 0 Å². The van der Waals surface area contributed by atoms with Crippen LogP contribution < -0.4 is 4.74 Å². The van der Waals surface area contributed by atoms with Crippen molar-refractivity contribution in [2.45, 2.75) is 6.61 Å². The monoisotopic (exact) mass is 299 g/mol. The van der Waals surface area contributed by atoms with Gasteiger partial charge >= 0.3 is 0 Å². The summed E-state index contributed by atoms with van der Waals surface area (Å²) in [5, 5.41) is 1.11. The normalized spacial score (nSPS) is 10.8. The van der Waals surface area contributed by atoms with Crippen LogP contribution in [0.4, 0.5) is 0 Å². The zero-order chi connectivity index (χ0) is 15.5. The molecule has 0 spiro atoms. The zero-order valence-electron chi connectivity index (χ0n) is 12.7. The molecular weight excluding hydrogens is 282 g/mol. The van der Waals surface area contributed by atoms with Gasteiger partial charge in [0, 0.05) is 16.6 Å². The minimum atomic E-state index is 0.575. The van der Waals surface area contributed by atoms with E-state index in [1.807, 2.05) is 48.5 Å². The fraction of sp³-hybridized carbons (Fsp3) is 0.0476. The van der Waals surface area contributed by atoms with Crippen LogP contribution in [-0.4, -0.2) is 4.98 Å². The molecule has 4 rings (SSSR count). The lowest BCUT2D eigenvalue weighted by Gasteiger charge is -2.07. The third kappa shape index (κ3) is 2.84. The van der Waals surface area contributed by atoms with Crippen LogP contribution in [0.3, 0.4) is 0 Å². The van der Waals surface area contributed by atoms with E-state index in [1.165, 1.54) is 11.1 Å². The maximum atomic E-state index is 6.03. The molecule has 0 radical (unpaired) electrons. The third-order valence-corrected chi connectivity index (χ3v) is 3.95. The molecule has 1 aromatic heterocycles. The summed E-state index contributed by atoms with van der Waals surface area (Å²) in [6, 6.07) is 28.9. The maximum Gasteiger partial charge on any atom is 0.129 e. The van der Waals surface area contributed by atoms with Crippen molar-refractivity contribution in [1.82, 2.24) is 4.98 Å². The first kappa shape index (κ1) is 13.6. The summed E-state index contributed by atoms with van der Waals surface area (Å²) in [4.78, 5) is 3.47. The molecule has 0 fully saturated rings. The van der Waals surface area contributed by atoms with Crippen molar-refractivity contribution >= 4 is 10.9 Å². The van der Waals surface area contributed by atoms with Crippen LogP contribution in [-0.2, 0) is 6.61 Å². The predicted octanol–water partition coefficient (Wildman–Crippen LogP) is 5.41. The molecule has 2 heteroatoms. The van der Waals surface area contributed by atoms with E-state index in [4.69, 9.17) is 4.74 Å². The highest BCUT2D eigenvalue weighted by molar-refractivity contribution is 5.90. The molecule has 0 saturated carbocycles. The molecule has 23 heavy (non-hydrogen) atoms. The second kappa shape index (κ2) is 6.01. The number of hydrogen-bond donors (Lipinski definition) is 1. The molecule has 0 saturated heterocycles. The fourth-order valence-corrected chi connectivity index (χ4v) is 2.76. The SMILES string of the molecule is c1ccc(COc2cccc3[nH]c(-c4ccccc4)cc23)cc1. The highest BCUT2D eigenvalue weighted by Crippen LogP contribution is 2.31. The summed E-state index contributed by atoms with van der Waals surface area (Å²) in [5.41, 5.74) is 4.55. The third-order valence-electron chi connectivity index (χ3n) is 3.95. The molecule has 3 aromatic carbocycles. The van der Waals surface area contributed by atoms with E-state index in [2.05, 4.69) is 41.4 Å². The number of nitrogens with one attached hydrogen (secondary N) is 1. The summed E-state index contributed by atoms with van der Waals surface area (Å²) in [5.74, 6) is 0.907. The van der Waals surface area contributed by atoms with E-state index < -0.39 is 0 Å². The predicted molar refractivity (Wildman–Crippen MR) is 94.5 cm³/mol.